The highest BCUT2D eigenvalue weighted by atomic mass is 16.5. The van der Waals surface area contributed by atoms with Crippen LogP contribution in [-0.2, 0) is 9.47 Å². The molecule has 0 spiro atoms. The van der Waals surface area contributed by atoms with Crippen molar-refractivity contribution in [2.45, 2.75) is 128 Å². The maximum absolute atomic E-state index is 6.29. The molecule has 0 saturated heterocycles. The Morgan fingerprint density at radius 3 is 2.13 bits per heavy atom. The first-order chi connectivity index (χ1) is 18.4. The Bertz CT molecular complexity index is 607. The van der Waals surface area contributed by atoms with Crippen molar-refractivity contribution < 1.29 is 9.47 Å². The Hall–Kier alpha value is -1.14. The first-order valence-corrected chi connectivity index (χ1v) is 15.7. The number of likely N-dealkylation sites (N-methyl/N-ethyl adjacent to an activating group) is 1. The zero-order chi connectivity index (χ0) is 28.1. The molecule has 0 amide bonds. The molecular formula is C33H63N3O2. The molecule has 0 aromatic rings. The molecule has 1 fully saturated rings. The van der Waals surface area contributed by atoms with E-state index in [0.29, 0.717) is 11.8 Å². The van der Waals surface area contributed by atoms with Crippen molar-refractivity contribution in [2.75, 3.05) is 33.4 Å². The molecule has 1 aliphatic carbocycles. The second-order valence-corrected chi connectivity index (χ2v) is 11.8. The molecule has 4 N–H and O–H groups in total. The normalized spacial score (nSPS) is 21.5. The van der Waals surface area contributed by atoms with Gasteiger partial charge in [0, 0.05) is 36.9 Å². The Kier molecular flexibility index (Phi) is 19.9. The highest BCUT2D eigenvalue weighted by Gasteiger charge is 2.36. The fourth-order valence-electron chi connectivity index (χ4n) is 5.54. The molecule has 0 aromatic carbocycles. The van der Waals surface area contributed by atoms with Gasteiger partial charge in [0.2, 0.25) is 0 Å². The van der Waals surface area contributed by atoms with Crippen LogP contribution in [-0.4, -0.2) is 51.1 Å². The van der Waals surface area contributed by atoms with Gasteiger partial charge in [-0.25, -0.2) is 0 Å². The summed E-state index contributed by atoms with van der Waals surface area (Å²) in [5.74, 6) is 1.26. The predicted molar refractivity (Wildman–Crippen MR) is 165 cm³/mol. The SMILES string of the molecule is C=CCCCCC(CCCCC=C)(COCCC(=C)NCCCCCCCOC1CC(C)C(C)C1N)NC. The number of rotatable bonds is 26. The van der Waals surface area contributed by atoms with Gasteiger partial charge >= 0.3 is 0 Å². The monoisotopic (exact) mass is 533 g/mol. The Balaban J connectivity index is 2.10. The van der Waals surface area contributed by atoms with Crippen LogP contribution < -0.4 is 16.4 Å². The average Bonchev–Trinajstić information content (AvgIpc) is 3.16. The molecule has 0 aliphatic heterocycles. The van der Waals surface area contributed by atoms with Crippen LogP contribution in [0.25, 0.3) is 0 Å². The topological polar surface area (TPSA) is 68.5 Å². The number of unbranched alkanes of at least 4 members (excludes halogenated alkanes) is 8. The van der Waals surface area contributed by atoms with Crippen LogP contribution >= 0.6 is 0 Å². The lowest BCUT2D eigenvalue weighted by atomic mass is 9.87. The molecule has 4 atom stereocenters. The molecule has 5 heteroatoms. The number of nitrogens with one attached hydrogen (secondary N) is 2. The molecule has 0 heterocycles. The van der Waals surface area contributed by atoms with E-state index in [1.807, 2.05) is 12.2 Å². The first kappa shape index (κ1) is 34.9. The fraction of sp³-hybridized carbons (Fsp3) is 0.818. The summed E-state index contributed by atoms with van der Waals surface area (Å²) in [6, 6.07) is 0.209. The smallest absolute Gasteiger partial charge is 0.0731 e. The largest absolute Gasteiger partial charge is 0.389 e. The summed E-state index contributed by atoms with van der Waals surface area (Å²) in [6.45, 7) is 19.8. The van der Waals surface area contributed by atoms with Crippen molar-refractivity contribution >= 4 is 0 Å². The van der Waals surface area contributed by atoms with Gasteiger partial charge in [0.25, 0.3) is 0 Å². The Morgan fingerprint density at radius 1 is 0.921 bits per heavy atom. The number of hydrogen-bond acceptors (Lipinski definition) is 5. The first-order valence-electron chi connectivity index (χ1n) is 15.7. The maximum atomic E-state index is 6.29. The molecule has 0 aromatic heterocycles. The summed E-state index contributed by atoms with van der Waals surface area (Å²) in [5.41, 5.74) is 7.44. The molecule has 0 bridgehead atoms. The van der Waals surface area contributed by atoms with Gasteiger partial charge in [-0.3, -0.25) is 0 Å². The summed E-state index contributed by atoms with van der Waals surface area (Å²) < 4.78 is 12.3. The van der Waals surface area contributed by atoms with Crippen molar-refractivity contribution in [3.8, 4) is 0 Å². The number of ether oxygens (including phenoxy) is 2. The van der Waals surface area contributed by atoms with E-state index in [1.165, 1.54) is 51.4 Å². The lowest BCUT2D eigenvalue weighted by molar-refractivity contribution is 0.0412. The minimum atomic E-state index is 0.0577. The van der Waals surface area contributed by atoms with Crippen molar-refractivity contribution in [3.05, 3.63) is 37.6 Å². The molecule has 38 heavy (non-hydrogen) atoms. The summed E-state index contributed by atoms with van der Waals surface area (Å²) in [5, 5.41) is 7.11. The molecule has 1 aliphatic rings. The number of allylic oxidation sites excluding steroid dienone is 2. The van der Waals surface area contributed by atoms with Gasteiger partial charge in [0.1, 0.15) is 0 Å². The quantitative estimate of drug-likeness (QED) is 0.0805. The Morgan fingerprint density at radius 2 is 1.55 bits per heavy atom. The van der Waals surface area contributed by atoms with Gasteiger partial charge in [-0.05, 0) is 76.7 Å². The van der Waals surface area contributed by atoms with Crippen LogP contribution in [0, 0.1) is 11.8 Å². The third-order valence-corrected chi connectivity index (χ3v) is 8.65. The van der Waals surface area contributed by atoms with Gasteiger partial charge in [0.15, 0.2) is 0 Å². The standard InChI is InChI=1S/C33H63N3O2/c1-7-9-11-16-21-33(35-6,22-17-12-10-8-2)27-37-25-20-29(4)36-23-18-14-13-15-19-24-38-31-26-28(3)30(5)32(31)34/h7-8,28,30-32,35-36H,1-2,4,9-27,34H2,3,5-6H3. The molecule has 5 nitrogen and oxygen atoms in total. The van der Waals surface area contributed by atoms with E-state index in [2.05, 4.69) is 51.3 Å². The van der Waals surface area contributed by atoms with Crippen LogP contribution in [0.3, 0.4) is 0 Å². The van der Waals surface area contributed by atoms with Crippen LogP contribution in [0.5, 0.6) is 0 Å². The third-order valence-electron chi connectivity index (χ3n) is 8.65. The van der Waals surface area contributed by atoms with Crippen molar-refractivity contribution in [2.24, 2.45) is 17.6 Å². The predicted octanol–water partition coefficient (Wildman–Crippen LogP) is 7.29. The molecule has 0 radical (unpaired) electrons. The number of hydrogen-bond donors (Lipinski definition) is 3. The summed E-state index contributed by atoms with van der Waals surface area (Å²) in [6.07, 6.45) is 21.6. The second kappa shape index (κ2) is 21.7. The van der Waals surface area contributed by atoms with E-state index in [1.54, 1.807) is 0 Å². The van der Waals surface area contributed by atoms with Crippen LogP contribution in [0.1, 0.15) is 110 Å². The van der Waals surface area contributed by atoms with Gasteiger partial charge < -0.3 is 25.8 Å². The van der Waals surface area contributed by atoms with E-state index >= 15 is 0 Å². The van der Waals surface area contributed by atoms with Gasteiger partial charge in [0.05, 0.1) is 19.3 Å². The van der Waals surface area contributed by atoms with E-state index in [0.717, 1.165) is 77.0 Å². The van der Waals surface area contributed by atoms with Crippen LogP contribution in [0.2, 0.25) is 0 Å². The van der Waals surface area contributed by atoms with Crippen molar-refractivity contribution in [1.29, 1.82) is 0 Å². The summed E-state index contributed by atoms with van der Waals surface area (Å²) >= 11 is 0. The minimum Gasteiger partial charge on any atom is -0.389 e. The average molecular weight is 534 g/mol. The van der Waals surface area contributed by atoms with Gasteiger partial charge in [-0.15, -0.1) is 13.2 Å². The van der Waals surface area contributed by atoms with E-state index in [9.17, 15) is 0 Å². The van der Waals surface area contributed by atoms with Gasteiger partial charge in [-0.1, -0.05) is 64.7 Å². The second-order valence-electron chi connectivity index (χ2n) is 11.8. The molecule has 222 valence electrons. The molecular weight excluding hydrogens is 470 g/mol. The van der Waals surface area contributed by atoms with Crippen molar-refractivity contribution in [1.82, 2.24) is 10.6 Å². The third kappa shape index (κ3) is 14.9. The molecule has 1 saturated carbocycles. The van der Waals surface area contributed by atoms with Crippen LogP contribution in [0.15, 0.2) is 37.6 Å². The van der Waals surface area contributed by atoms with Crippen LogP contribution in [0.4, 0.5) is 0 Å². The van der Waals surface area contributed by atoms with Gasteiger partial charge in [-0.2, -0.15) is 0 Å². The zero-order valence-corrected chi connectivity index (χ0v) is 25.4. The zero-order valence-electron chi connectivity index (χ0n) is 25.4. The Labute approximate surface area is 236 Å². The summed E-state index contributed by atoms with van der Waals surface area (Å²) in [7, 11) is 2.09. The van der Waals surface area contributed by atoms with Crippen molar-refractivity contribution in [3.63, 3.8) is 0 Å². The van der Waals surface area contributed by atoms with E-state index in [4.69, 9.17) is 15.2 Å². The summed E-state index contributed by atoms with van der Waals surface area (Å²) in [4.78, 5) is 0. The highest BCUT2D eigenvalue weighted by Crippen LogP contribution is 2.32. The van der Waals surface area contributed by atoms with E-state index < -0.39 is 0 Å². The lowest BCUT2D eigenvalue weighted by Gasteiger charge is -2.34. The fourth-order valence-corrected chi connectivity index (χ4v) is 5.54. The highest BCUT2D eigenvalue weighted by molar-refractivity contribution is 4.92. The minimum absolute atomic E-state index is 0.0577. The van der Waals surface area contributed by atoms with E-state index in [-0.39, 0.29) is 17.7 Å². The molecule has 1 rings (SSSR count). The maximum Gasteiger partial charge on any atom is 0.0731 e. The lowest BCUT2D eigenvalue weighted by Crippen LogP contribution is -2.47. The number of nitrogens with two attached hydrogens (primary N) is 1. The molecule has 4 unspecified atom stereocenters.